The molecule has 1 aliphatic heterocycles. The van der Waals surface area contributed by atoms with Crippen LogP contribution in [0, 0.1) is 12.8 Å². The number of fused-ring (bicyclic) bond motifs is 2. The van der Waals surface area contributed by atoms with Gasteiger partial charge in [0.2, 0.25) is 0 Å². The molecule has 6 nitrogen and oxygen atoms in total. The van der Waals surface area contributed by atoms with Gasteiger partial charge in [-0.15, -0.1) is 11.3 Å². The highest BCUT2D eigenvalue weighted by Crippen LogP contribution is 2.28. The zero-order valence-electron chi connectivity index (χ0n) is 17.0. The van der Waals surface area contributed by atoms with Gasteiger partial charge in [-0.05, 0) is 73.2 Å². The van der Waals surface area contributed by atoms with Gasteiger partial charge < -0.3 is 14.5 Å². The van der Waals surface area contributed by atoms with E-state index in [2.05, 4.69) is 16.9 Å². The molecule has 1 N–H and O–H groups in total. The van der Waals surface area contributed by atoms with E-state index in [1.165, 1.54) is 0 Å². The lowest BCUT2D eigenvalue weighted by atomic mass is 9.95. The summed E-state index contributed by atoms with van der Waals surface area (Å²) in [6, 6.07) is 7.75. The van der Waals surface area contributed by atoms with E-state index >= 15 is 0 Å². The molecule has 1 saturated heterocycles. The standard InChI is InChI=1S/C23H23N3O3S/c1-13-9-17(29-14(2)15-3-6-28-7-4-15)11-18-21(13)25-22(26-23(18)27)19-10-16-5-8-30-20(16)12-24-19/h5,8-12,14-15H,3-4,6-7H2,1-2H3,(H,25,26,27). The molecule has 0 spiro atoms. The van der Waals surface area contributed by atoms with Crippen molar-refractivity contribution in [2.45, 2.75) is 32.8 Å². The van der Waals surface area contributed by atoms with Gasteiger partial charge in [-0.1, -0.05) is 0 Å². The van der Waals surface area contributed by atoms with Crippen LogP contribution in [0.15, 0.2) is 40.6 Å². The van der Waals surface area contributed by atoms with Gasteiger partial charge in [0, 0.05) is 19.4 Å². The maximum atomic E-state index is 12.9. The summed E-state index contributed by atoms with van der Waals surface area (Å²) >= 11 is 1.64. The number of rotatable bonds is 4. The van der Waals surface area contributed by atoms with Crippen molar-refractivity contribution in [3.05, 3.63) is 51.8 Å². The molecule has 0 radical (unpaired) electrons. The van der Waals surface area contributed by atoms with Crippen LogP contribution in [0.5, 0.6) is 5.75 Å². The molecule has 7 heteroatoms. The van der Waals surface area contributed by atoms with E-state index in [9.17, 15) is 4.79 Å². The molecule has 3 aromatic heterocycles. The third-order valence-electron chi connectivity index (χ3n) is 5.81. The number of thiophene rings is 1. The van der Waals surface area contributed by atoms with E-state index in [0.717, 1.165) is 41.7 Å². The number of nitrogens with zero attached hydrogens (tertiary/aromatic N) is 2. The van der Waals surface area contributed by atoms with Crippen LogP contribution in [-0.2, 0) is 4.74 Å². The van der Waals surface area contributed by atoms with E-state index in [0.29, 0.717) is 34.1 Å². The van der Waals surface area contributed by atoms with Gasteiger partial charge >= 0.3 is 0 Å². The Hall–Kier alpha value is -2.77. The SMILES string of the molecule is Cc1cc(OC(C)C2CCOCC2)cc2c(=O)[nH]c(-c3cc4ccsc4cn3)nc12. The predicted molar refractivity (Wildman–Crippen MR) is 119 cm³/mol. The van der Waals surface area contributed by atoms with Crippen LogP contribution in [0.25, 0.3) is 32.5 Å². The molecule has 5 rings (SSSR count). The smallest absolute Gasteiger partial charge is 0.259 e. The van der Waals surface area contributed by atoms with Crippen LogP contribution in [0.4, 0.5) is 0 Å². The fourth-order valence-electron chi connectivity index (χ4n) is 4.07. The molecule has 0 bridgehead atoms. The van der Waals surface area contributed by atoms with Crippen LogP contribution in [0.3, 0.4) is 0 Å². The van der Waals surface area contributed by atoms with Crippen molar-refractivity contribution >= 4 is 32.3 Å². The predicted octanol–water partition coefficient (Wildman–Crippen LogP) is 4.70. The highest BCUT2D eigenvalue weighted by atomic mass is 32.1. The van der Waals surface area contributed by atoms with E-state index in [4.69, 9.17) is 14.5 Å². The number of aromatic nitrogens is 3. The first kappa shape index (κ1) is 19.2. The van der Waals surface area contributed by atoms with E-state index in [1.807, 2.05) is 36.7 Å². The molecule has 0 aliphatic carbocycles. The lowest BCUT2D eigenvalue weighted by Gasteiger charge is -2.28. The number of hydrogen-bond donors (Lipinski definition) is 1. The van der Waals surface area contributed by atoms with Crippen molar-refractivity contribution < 1.29 is 9.47 Å². The summed E-state index contributed by atoms with van der Waals surface area (Å²) in [6.07, 6.45) is 3.89. The number of pyridine rings is 1. The first-order valence-electron chi connectivity index (χ1n) is 10.2. The van der Waals surface area contributed by atoms with Gasteiger partial charge in [-0.2, -0.15) is 0 Å². The van der Waals surface area contributed by atoms with Gasteiger partial charge in [0.25, 0.3) is 5.56 Å². The van der Waals surface area contributed by atoms with Crippen LogP contribution < -0.4 is 10.3 Å². The fraction of sp³-hybridized carbons (Fsp3) is 0.348. The number of nitrogens with one attached hydrogen (secondary N) is 1. The molecule has 1 unspecified atom stereocenters. The maximum Gasteiger partial charge on any atom is 0.259 e. The molecule has 154 valence electrons. The first-order valence-corrected chi connectivity index (χ1v) is 11.1. The van der Waals surface area contributed by atoms with Crippen LogP contribution >= 0.6 is 11.3 Å². The minimum atomic E-state index is -0.186. The number of hydrogen-bond acceptors (Lipinski definition) is 6. The lowest BCUT2D eigenvalue weighted by Crippen LogP contribution is -2.29. The molecular weight excluding hydrogens is 398 g/mol. The van der Waals surface area contributed by atoms with Gasteiger partial charge in [0.1, 0.15) is 11.4 Å². The van der Waals surface area contributed by atoms with Gasteiger partial charge in [-0.25, -0.2) is 4.98 Å². The molecule has 1 aromatic carbocycles. The molecule has 4 aromatic rings. The zero-order chi connectivity index (χ0) is 20.7. The number of aromatic amines is 1. The van der Waals surface area contributed by atoms with Crippen molar-refractivity contribution in [1.82, 2.24) is 15.0 Å². The number of H-pyrrole nitrogens is 1. The highest BCUT2D eigenvalue weighted by molar-refractivity contribution is 7.17. The lowest BCUT2D eigenvalue weighted by molar-refractivity contribution is 0.0239. The third-order valence-corrected chi connectivity index (χ3v) is 6.68. The summed E-state index contributed by atoms with van der Waals surface area (Å²) in [5, 5.41) is 3.65. The zero-order valence-corrected chi connectivity index (χ0v) is 17.8. The van der Waals surface area contributed by atoms with Crippen molar-refractivity contribution in [2.75, 3.05) is 13.2 Å². The Bertz CT molecular complexity index is 1270. The van der Waals surface area contributed by atoms with Crippen molar-refractivity contribution in [3.8, 4) is 17.3 Å². The van der Waals surface area contributed by atoms with Gasteiger partial charge in [0.05, 0.1) is 21.7 Å². The Morgan fingerprint density at radius 2 is 2.10 bits per heavy atom. The topological polar surface area (TPSA) is 77.1 Å². The molecule has 4 heterocycles. The van der Waals surface area contributed by atoms with Crippen molar-refractivity contribution in [3.63, 3.8) is 0 Å². The number of aryl methyl sites for hydroxylation is 1. The third kappa shape index (κ3) is 3.59. The Morgan fingerprint density at radius 3 is 2.93 bits per heavy atom. The Balaban J connectivity index is 1.50. The summed E-state index contributed by atoms with van der Waals surface area (Å²) in [5.41, 5.74) is 2.06. The van der Waals surface area contributed by atoms with Crippen LogP contribution in [0.2, 0.25) is 0 Å². The molecule has 0 amide bonds. The van der Waals surface area contributed by atoms with Crippen molar-refractivity contribution in [2.24, 2.45) is 5.92 Å². The highest BCUT2D eigenvalue weighted by Gasteiger charge is 2.22. The Morgan fingerprint density at radius 1 is 1.27 bits per heavy atom. The average Bonchev–Trinajstić information content (AvgIpc) is 3.23. The number of benzene rings is 1. The summed E-state index contributed by atoms with van der Waals surface area (Å²) in [4.78, 5) is 25.0. The molecule has 30 heavy (non-hydrogen) atoms. The van der Waals surface area contributed by atoms with Gasteiger partial charge in [0.15, 0.2) is 5.82 Å². The summed E-state index contributed by atoms with van der Waals surface area (Å²) < 4.78 is 12.8. The summed E-state index contributed by atoms with van der Waals surface area (Å²) in [5.74, 6) is 1.65. The normalized spacial score (nSPS) is 16.2. The van der Waals surface area contributed by atoms with Crippen LogP contribution in [0.1, 0.15) is 25.3 Å². The number of ether oxygens (including phenoxy) is 2. The Kier molecular flexibility index (Phi) is 5.00. The Labute approximate surface area is 177 Å². The first-order chi connectivity index (χ1) is 14.6. The van der Waals surface area contributed by atoms with Crippen LogP contribution in [-0.4, -0.2) is 34.3 Å². The fourth-order valence-corrected chi connectivity index (χ4v) is 4.80. The quantitative estimate of drug-likeness (QED) is 0.517. The summed E-state index contributed by atoms with van der Waals surface area (Å²) in [6.45, 7) is 5.62. The molecule has 0 saturated carbocycles. The largest absolute Gasteiger partial charge is 0.490 e. The second-order valence-electron chi connectivity index (χ2n) is 7.85. The second kappa shape index (κ2) is 7.81. The second-order valence-corrected chi connectivity index (χ2v) is 8.80. The monoisotopic (exact) mass is 421 g/mol. The molecular formula is C23H23N3O3S. The maximum absolute atomic E-state index is 12.9. The van der Waals surface area contributed by atoms with E-state index in [1.54, 1.807) is 17.4 Å². The average molecular weight is 422 g/mol. The van der Waals surface area contributed by atoms with E-state index in [-0.39, 0.29) is 11.7 Å². The minimum absolute atomic E-state index is 0.0682. The molecule has 1 fully saturated rings. The van der Waals surface area contributed by atoms with Gasteiger partial charge in [-0.3, -0.25) is 9.78 Å². The molecule has 1 atom stereocenters. The van der Waals surface area contributed by atoms with E-state index < -0.39 is 0 Å². The molecule has 1 aliphatic rings. The summed E-state index contributed by atoms with van der Waals surface area (Å²) in [7, 11) is 0. The van der Waals surface area contributed by atoms with Crippen molar-refractivity contribution in [1.29, 1.82) is 0 Å². The minimum Gasteiger partial charge on any atom is -0.490 e.